The fourth-order valence-corrected chi connectivity index (χ4v) is 3.03. The fraction of sp³-hybridized carbons (Fsp3) is 0.526. The lowest BCUT2D eigenvalue weighted by Crippen LogP contribution is -2.53. The number of rotatable bonds is 7. The molecule has 2 heterocycles. The Hall–Kier alpha value is -2.52. The molecule has 0 radical (unpaired) electrons. The maximum atomic E-state index is 13.2. The number of esters is 1. The summed E-state index contributed by atoms with van der Waals surface area (Å²) in [7, 11) is 0. The van der Waals surface area contributed by atoms with Gasteiger partial charge in [-0.2, -0.15) is 0 Å². The van der Waals surface area contributed by atoms with E-state index in [9.17, 15) is 18.8 Å². The number of hydrogen-bond acceptors (Lipinski definition) is 6. The molecule has 2 aliphatic rings. The molecule has 2 fully saturated rings. The van der Waals surface area contributed by atoms with Gasteiger partial charge in [0.15, 0.2) is 12.2 Å². The maximum absolute atomic E-state index is 13.2. The quantitative estimate of drug-likeness (QED) is 0.518. The van der Waals surface area contributed by atoms with Crippen LogP contribution in [0.15, 0.2) is 24.3 Å². The zero-order valence-corrected chi connectivity index (χ0v) is 15.6. The van der Waals surface area contributed by atoms with E-state index in [0.717, 1.165) is 0 Å². The SMILES string of the molecule is CCOC(=O)[C@H]1O[C@@H]1C(=O)N[C@@H](Cc1ccc(F)cc1)C(=O)N1CCOCC1. The predicted molar refractivity (Wildman–Crippen MR) is 94.7 cm³/mol. The summed E-state index contributed by atoms with van der Waals surface area (Å²) in [4.78, 5) is 38.7. The Bertz CT molecular complexity index is 720. The average molecular weight is 394 g/mol. The van der Waals surface area contributed by atoms with Crippen molar-refractivity contribution in [3.63, 3.8) is 0 Å². The number of benzene rings is 1. The molecule has 0 spiro atoms. The summed E-state index contributed by atoms with van der Waals surface area (Å²) in [5, 5.41) is 2.67. The molecule has 0 unspecified atom stereocenters. The van der Waals surface area contributed by atoms with Crippen molar-refractivity contribution in [2.75, 3.05) is 32.9 Å². The molecule has 0 aliphatic carbocycles. The molecule has 2 aliphatic heterocycles. The van der Waals surface area contributed by atoms with Gasteiger partial charge in [0.25, 0.3) is 5.91 Å². The van der Waals surface area contributed by atoms with E-state index < -0.39 is 30.1 Å². The first kappa shape index (κ1) is 20.2. The molecule has 0 saturated carbocycles. The Morgan fingerprint density at radius 2 is 1.89 bits per heavy atom. The Balaban J connectivity index is 1.67. The standard InChI is InChI=1S/C19H23FN2O6/c1-2-27-19(25)16-15(28-16)17(23)21-14(11-12-3-5-13(20)6-4-12)18(24)22-7-9-26-10-8-22/h3-6,14-16H,2,7-11H2,1H3,(H,21,23)/t14-,15-,16-/m0/s1. The van der Waals surface area contributed by atoms with Crippen LogP contribution >= 0.6 is 0 Å². The minimum absolute atomic E-state index is 0.190. The minimum atomic E-state index is -0.966. The smallest absolute Gasteiger partial charge is 0.338 e. The van der Waals surface area contributed by atoms with Crippen LogP contribution in [0.2, 0.25) is 0 Å². The third-order valence-corrected chi connectivity index (χ3v) is 4.56. The van der Waals surface area contributed by atoms with Gasteiger partial charge in [0.1, 0.15) is 11.9 Å². The highest BCUT2D eigenvalue weighted by Crippen LogP contribution is 2.24. The molecule has 152 valence electrons. The molecule has 1 aromatic rings. The predicted octanol–water partition coefficient (Wildman–Crippen LogP) is 0.0423. The van der Waals surface area contributed by atoms with Crippen LogP contribution in [0.4, 0.5) is 4.39 Å². The van der Waals surface area contributed by atoms with Gasteiger partial charge in [-0.1, -0.05) is 12.1 Å². The van der Waals surface area contributed by atoms with Gasteiger partial charge in [0.05, 0.1) is 19.8 Å². The van der Waals surface area contributed by atoms with Crippen molar-refractivity contribution < 1.29 is 33.0 Å². The summed E-state index contributed by atoms with van der Waals surface area (Å²) < 4.78 is 28.4. The molecule has 3 atom stereocenters. The van der Waals surface area contributed by atoms with Gasteiger partial charge in [-0.15, -0.1) is 0 Å². The average Bonchev–Trinajstić information content (AvgIpc) is 3.50. The summed E-state index contributed by atoms with van der Waals surface area (Å²) >= 11 is 0. The number of hydrogen-bond donors (Lipinski definition) is 1. The number of carbonyl (C=O) groups is 3. The number of epoxide rings is 1. The summed E-state index contributed by atoms with van der Waals surface area (Å²) in [5.74, 6) is -1.79. The van der Waals surface area contributed by atoms with Crippen LogP contribution in [0.25, 0.3) is 0 Å². The van der Waals surface area contributed by atoms with Crippen LogP contribution in [0.5, 0.6) is 0 Å². The lowest BCUT2D eigenvalue weighted by molar-refractivity contribution is -0.144. The highest BCUT2D eigenvalue weighted by atomic mass is 19.1. The molecule has 0 bridgehead atoms. The van der Waals surface area contributed by atoms with E-state index in [-0.39, 0.29) is 24.8 Å². The van der Waals surface area contributed by atoms with Crippen molar-refractivity contribution in [2.45, 2.75) is 31.6 Å². The molecule has 9 heteroatoms. The molecule has 3 rings (SSSR count). The van der Waals surface area contributed by atoms with Crippen molar-refractivity contribution in [3.8, 4) is 0 Å². The zero-order valence-electron chi connectivity index (χ0n) is 15.6. The lowest BCUT2D eigenvalue weighted by Gasteiger charge is -2.30. The first-order valence-electron chi connectivity index (χ1n) is 9.23. The van der Waals surface area contributed by atoms with Crippen molar-refractivity contribution in [1.82, 2.24) is 10.2 Å². The van der Waals surface area contributed by atoms with Gasteiger partial charge in [-0.3, -0.25) is 9.59 Å². The van der Waals surface area contributed by atoms with Gasteiger partial charge in [0.2, 0.25) is 5.91 Å². The number of amides is 2. The fourth-order valence-electron chi connectivity index (χ4n) is 3.03. The zero-order chi connectivity index (χ0) is 20.1. The number of nitrogens with one attached hydrogen (secondary N) is 1. The van der Waals surface area contributed by atoms with Gasteiger partial charge < -0.3 is 24.4 Å². The number of halogens is 1. The molecule has 28 heavy (non-hydrogen) atoms. The Labute approximate surface area is 161 Å². The maximum Gasteiger partial charge on any atom is 0.338 e. The van der Waals surface area contributed by atoms with Gasteiger partial charge in [0, 0.05) is 19.5 Å². The second-order valence-corrected chi connectivity index (χ2v) is 6.56. The van der Waals surface area contributed by atoms with Crippen molar-refractivity contribution in [1.29, 1.82) is 0 Å². The van der Waals surface area contributed by atoms with Crippen molar-refractivity contribution in [2.24, 2.45) is 0 Å². The molecular weight excluding hydrogens is 371 g/mol. The summed E-state index contributed by atoms with van der Waals surface area (Å²) in [6, 6.07) is 4.87. The van der Waals surface area contributed by atoms with Crippen LogP contribution in [-0.2, 0) is 35.0 Å². The van der Waals surface area contributed by atoms with E-state index in [0.29, 0.717) is 31.9 Å². The van der Waals surface area contributed by atoms with Crippen LogP contribution in [-0.4, -0.2) is 73.8 Å². The van der Waals surface area contributed by atoms with E-state index in [1.165, 1.54) is 12.1 Å². The first-order valence-corrected chi connectivity index (χ1v) is 9.23. The number of carbonyl (C=O) groups excluding carboxylic acids is 3. The minimum Gasteiger partial charge on any atom is -0.464 e. The van der Waals surface area contributed by atoms with Crippen molar-refractivity contribution in [3.05, 3.63) is 35.6 Å². The summed E-state index contributed by atoms with van der Waals surface area (Å²) in [5.41, 5.74) is 0.701. The van der Waals surface area contributed by atoms with Gasteiger partial charge >= 0.3 is 5.97 Å². The molecular formula is C19H23FN2O6. The van der Waals surface area contributed by atoms with Crippen LogP contribution in [0.3, 0.4) is 0 Å². The van der Waals surface area contributed by atoms with Crippen LogP contribution < -0.4 is 5.32 Å². The first-order chi connectivity index (χ1) is 13.5. The number of nitrogens with zero attached hydrogens (tertiary/aromatic N) is 1. The molecule has 1 aromatic carbocycles. The third kappa shape index (κ3) is 5.05. The van der Waals surface area contributed by atoms with E-state index >= 15 is 0 Å². The number of morpholine rings is 1. The molecule has 2 amide bonds. The van der Waals surface area contributed by atoms with E-state index in [4.69, 9.17) is 14.2 Å². The highest BCUT2D eigenvalue weighted by molar-refractivity contribution is 5.95. The van der Waals surface area contributed by atoms with Gasteiger partial charge in [-0.25, -0.2) is 9.18 Å². The van der Waals surface area contributed by atoms with Gasteiger partial charge in [-0.05, 0) is 24.6 Å². The third-order valence-electron chi connectivity index (χ3n) is 4.56. The molecule has 2 saturated heterocycles. The monoisotopic (exact) mass is 394 g/mol. The van der Waals surface area contributed by atoms with E-state index in [1.54, 1.807) is 24.0 Å². The largest absolute Gasteiger partial charge is 0.464 e. The van der Waals surface area contributed by atoms with Crippen LogP contribution in [0, 0.1) is 5.82 Å². The highest BCUT2D eigenvalue weighted by Gasteiger charge is 2.52. The Morgan fingerprint density at radius 3 is 2.54 bits per heavy atom. The van der Waals surface area contributed by atoms with E-state index in [1.807, 2.05) is 0 Å². The van der Waals surface area contributed by atoms with Crippen LogP contribution in [0.1, 0.15) is 12.5 Å². The topological polar surface area (TPSA) is 97.5 Å². The lowest BCUT2D eigenvalue weighted by atomic mass is 10.0. The Kier molecular flexibility index (Phi) is 6.58. The Morgan fingerprint density at radius 1 is 1.21 bits per heavy atom. The normalized spacial score (nSPS) is 22.3. The molecule has 1 N–H and O–H groups in total. The van der Waals surface area contributed by atoms with E-state index in [2.05, 4.69) is 5.32 Å². The summed E-state index contributed by atoms with van der Waals surface area (Å²) in [6.45, 7) is 3.57. The second kappa shape index (κ2) is 9.11. The van der Waals surface area contributed by atoms with Crippen molar-refractivity contribution >= 4 is 17.8 Å². The second-order valence-electron chi connectivity index (χ2n) is 6.56. The molecule has 0 aromatic heterocycles. The molecule has 8 nitrogen and oxygen atoms in total. The summed E-state index contributed by atoms with van der Waals surface area (Å²) in [6.07, 6.45) is -1.71. The number of ether oxygens (including phenoxy) is 3.